The summed E-state index contributed by atoms with van der Waals surface area (Å²) >= 11 is 4.23. The van der Waals surface area contributed by atoms with Gasteiger partial charge >= 0.3 is 0 Å². The van der Waals surface area contributed by atoms with E-state index in [9.17, 15) is 5.11 Å². The Morgan fingerprint density at radius 1 is 0.818 bits per heavy atom. The first-order valence-electron chi connectivity index (χ1n) is 9.28. The largest absolute Gasteiger partial charge is 0.396 e. The topological polar surface area (TPSA) is 40.5 Å². The highest BCUT2D eigenvalue weighted by Crippen LogP contribution is 2.12. The molecule has 0 aromatic rings. The zero-order valence-corrected chi connectivity index (χ0v) is 15.4. The first kappa shape index (κ1) is 22.0. The van der Waals surface area contributed by atoms with E-state index in [1.54, 1.807) is 0 Å². The van der Waals surface area contributed by atoms with Crippen LogP contribution in [0.5, 0.6) is 0 Å². The predicted octanol–water partition coefficient (Wildman–Crippen LogP) is 5.14. The zero-order valence-electron chi connectivity index (χ0n) is 14.6. The van der Waals surface area contributed by atoms with Gasteiger partial charge in [0, 0.05) is 12.5 Å². The molecular formula is C19H38O2S. The van der Waals surface area contributed by atoms with Gasteiger partial charge in [-0.2, -0.15) is 12.6 Å². The minimum absolute atomic E-state index is 0.0424. The highest BCUT2D eigenvalue weighted by Gasteiger charge is 2.08. The lowest BCUT2D eigenvalue weighted by Crippen LogP contribution is -2.17. The summed E-state index contributed by atoms with van der Waals surface area (Å²) in [5.74, 6) is 0.975. The third-order valence-corrected chi connectivity index (χ3v) is 4.55. The van der Waals surface area contributed by atoms with Gasteiger partial charge in [0.25, 0.3) is 0 Å². The average Bonchev–Trinajstić information content (AvgIpc) is 2.54. The molecule has 3 heteroatoms. The molecule has 0 aliphatic carbocycles. The summed E-state index contributed by atoms with van der Waals surface area (Å²) in [6.45, 7) is 1.90. The molecule has 0 aliphatic rings. The molecule has 0 fully saturated rings. The molecule has 2 atom stereocenters. The Hall–Kier alpha value is 0.01000. The van der Waals surface area contributed by atoms with Crippen LogP contribution in [0.15, 0.2) is 12.2 Å². The van der Waals surface area contributed by atoms with Crippen molar-refractivity contribution < 1.29 is 10.2 Å². The molecule has 2 nitrogen and oxygen atoms in total. The first-order valence-corrected chi connectivity index (χ1v) is 9.92. The van der Waals surface area contributed by atoms with Gasteiger partial charge in [-0.15, -0.1) is 0 Å². The van der Waals surface area contributed by atoms with Crippen LogP contribution < -0.4 is 0 Å². The summed E-state index contributed by atoms with van der Waals surface area (Å²) in [5, 5.41) is 18.6. The van der Waals surface area contributed by atoms with Crippen LogP contribution in [-0.2, 0) is 0 Å². The maximum Gasteiger partial charge on any atom is 0.0768 e. The lowest BCUT2D eigenvalue weighted by atomic mass is 10.0. The second-order valence-electron chi connectivity index (χ2n) is 6.48. The molecule has 2 N–H and O–H groups in total. The van der Waals surface area contributed by atoms with Gasteiger partial charge in [-0.25, -0.2) is 0 Å². The Morgan fingerprint density at radius 3 is 1.73 bits per heavy atom. The maximum atomic E-state index is 9.66. The molecule has 0 rings (SSSR count). The van der Waals surface area contributed by atoms with Crippen molar-refractivity contribution in [1.29, 1.82) is 0 Å². The quantitative estimate of drug-likeness (QED) is 0.208. The average molecular weight is 331 g/mol. The van der Waals surface area contributed by atoms with Gasteiger partial charge in [0.15, 0.2) is 0 Å². The number of thiol groups is 1. The van der Waals surface area contributed by atoms with E-state index in [0.29, 0.717) is 0 Å². The van der Waals surface area contributed by atoms with Crippen LogP contribution in [-0.4, -0.2) is 28.7 Å². The van der Waals surface area contributed by atoms with E-state index >= 15 is 0 Å². The van der Waals surface area contributed by atoms with Crippen LogP contribution in [0, 0.1) is 5.92 Å². The van der Waals surface area contributed by atoms with Gasteiger partial charge < -0.3 is 10.2 Å². The standard InChI is InChI=1S/C19H38O2S/c1-18(17-20)19(21)15-13-11-9-7-5-3-2-4-6-8-10-12-14-16-22/h13,15,18-22H,2-12,14,16-17H2,1H3/b15-13+/t18-,19+/m0/s1. The highest BCUT2D eigenvalue weighted by atomic mass is 32.1. The fourth-order valence-electron chi connectivity index (χ4n) is 2.50. The van der Waals surface area contributed by atoms with Crippen molar-refractivity contribution in [3.63, 3.8) is 0 Å². The summed E-state index contributed by atoms with van der Waals surface area (Å²) in [5.41, 5.74) is 0. The number of unbranched alkanes of at least 4 members (excludes halogenated alkanes) is 11. The number of rotatable bonds is 16. The van der Waals surface area contributed by atoms with Gasteiger partial charge in [0.2, 0.25) is 0 Å². The Balaban J connectivity index is 3.19. The number of hydrogen-bond donors (Lipinski definition) is 3. The maximum absolute atomic E-state index is 9.66. The third-order valence-electron chi connectivity index (χ3n) is 4.23. The monoisotopic (exact) mass is 330 g/mol. The molecule has 0 aliphatic heterocycles. The van der Waals surface area contributed by atoms with E-state index in [1.165, 1.54) is 70.6 Å². The van der Waals surface area contributed by atoms with Crippen molar-refractivity contribution in [2.45, 2.75) is 90.1 Å². The van der Waals surface area contributed by atoms with Gasteiger partial charge in [-0.1, -0.05) is 76.9 Å². The lowest BCUT2D eigenvalue weighted by Gasteiger charge is -2.11. The van der Waals surface area contributed by atoms with E-state index in [-0.39, 0.29) is 12.5 Å². The first-order chi connectivity index (χ1) is 10.7. The van der Waals surface area contributed by atoms with Crippen LogP contribution in [0.4, 0.5) is 0 Å². The summed E-state index contributed by atoms with van der Waals surface area (Å²) < 4.78 is 0. The molecule has 22 heavy (non-hydrogen) atoms. The Kier molecular flexibility index (Phi) is 17.4. The summed E-state index contributed by atoms with van der Waals surface area (Å²) in [4.78, 5) is 0. The van der Waals surface area contributed by atoms with E-state index in [1.807, 2.05) is 13.0 Å². The van der Waals surface area contributed by atoms with Gasteiger partial charge in [0.1, 0.15) is 0 Å². The minimum atomic E-state index is -0.502. The number of aliphatic hydroxyl groups excluding tert-OH is 2. The number of allylic oxidation sites excluding steroid dienone is 1. The minimum Gasteiger partial charge on any atom is -0.396 e. The van der Waals surface area contributed by atoms with Crippen LogP contribution in [0.2, 0.25) is 0 Å². The van der Waals surface area contributed by atoms with Crippen molar-refractivity contribution in [1.82, 2.24) is 0 Å². The molecule has 0 amide bonds. The van der Waals surface area contributed by atoms with Gasteiger partial charge in [-0.05, 0) is 25.0 Å². The van der Waals surface area contributed by atoms with E-state index in [4.69, 9.17) is 5.11 Å². The normalized spacial score (nSPS) is 14.5. The van der Waals surface area contributed by atoms with Gasteiger partial charge in [0.05, 0.1) is 6.10 Å². The smallest absolute Gasteiger partial charge is 0.0768 e. The molecule has 0 unspecified atom stereocenters. The second kappa shape index (κ2) is 17.4. The summed E-state index contributed by atoms with van der Waals surface area (Å²) in [7, 11) is 0. The second-order valence-corrected chi connectivity index (χ2v) is 6.93. The van der Waals surface area contributed by atoms with E-state index in [0.717, 1.165) is 12.2 Å². The van der Waals surface area contributed by atoms with Gasteiger partial charge in [-0.3, -0.25) is 0 Å². The Labute approximate surface area is 143 Å². The Bertz CT molecular complexity index is 244. The fourth-order valence-corrected chi connectivity index (χ4v) is 2.72. The molecular weight excluding hydrogens is 292 g/mol. The molecule has 0 saturated heterocycles. The van der Waals surface area contributed by atoms with Crippen molar-refractivity contribution in [3.8, 4) is 0 Å². The molecule has 0 radical (unpaired) electrons. The third kappa shape index (κ3) is 14.9. The van der Waals surface area contributed by atoms with Crippen molar-refractivity contribution >= 4 is 12.6 Å². The predicted molar refractivity (Wildman–Crippen MR) is 101 cm³/mol. The van der Waals surface area contributed by atoms with Crippen molar-refractivity contribution in [2.24, 2.45) is 5.92 Å². The SMILES string of the molecule is C[C@@H](CO)[C@H](O)/C=C/CCCCCCCCCCCCCS. The zero-order chi connectivity index (χ0) is 16.5. The molecule has 0 bridgehead atoms. The molecule has 0 aromatic heterocycles. The van der Waals surface area contributed by atoms with Crippen LogP contribution in [0.3, 0.4) is 0 Å². The van der Waals surface area contributed by atoms with Crippen LogP contribution >= 0.6 is 12.6 Å². The molecule has 0 aromatic carbocycles. The lowest BCUT2D eigenvalue weighted by molar-refractivity contribution is 0.111. The van der Waals surface area contributed by atoms with Crippen LogP contribution in [0.25, 0.3) is 0 Å². The molecule has 0 spiro atoms. The molecule has 132 valence electrons. The van der Waals surface area contributed by atoms with Crippen LogP contribution in [0.1, 0.15) is 84.0 Å². The molecule has 0 saturated carbocycles. The van der Waals surface area contributed by atoms with Crippen molar-refractivity contribution in [3.05, 3.63) is 12.2 Å². The Morgan fingerprint density at radius 2 is 1.27 bits per heavy atom. The number of aliphatic hydroxyl groups is 2. The summed E-state index contributed by atoms with van der Waals surface area (Å²) in [6, 6.07) is 0. The fraction of sp³-hybridized carbons (Fsp3) is 0.895. The number of hydrogen-bond acceptors (Lipinski definition) is 3. The molecule has 0 heterocycles. The van der Waals surface area contributed by atoms with Crippen molar-refractivity contribution in [2.75, 3.05) is 12.4 Å². The highest BCUT2D eigenvalue weighted by molar-refractivity contribution is 7.80. The van der Waals surface area contributed by atoms with E-state index < -0.39 is 6.10 Å². The summed E-state index contributed by atoms with van der Waals surface area (Å²) in [6.07, 6.45) is 19.2. The van der Waals surface area contributed by atoms with E-state index in [2.05, 4.69) is 18.7 Å².